The molecule has 28 heavy (non-hydrogen) atoms. The Kier molecular flexibility index (Phi) is 5.45. The predicted molar refractivity (Wildman–Crippen MR) is 108 cm³/mol. The van der Waals surface area contributed by atoms with Crippen LogP contribution in [-0.2, 0) is 5.75 Å². The average Bonchev–Trinajstić information content (AvgIpc) is 3.32. The maximum Gasteiger partial charge on any atom is 0.256 e. The number of aromatic nitrogens is 2. The molecule has 3 heterocycles. The number of pyridine rings is 1. The van der Waals surface area contributed by atoms with Crippen LogP contribution in [0.3, 0.4) is 0 Å². The number of hydrogen-bond acceptors (Lipinski definition) is 6. The van der Waals surface area contributed by atoms with Crippen LogP contribution in [0.15, 0.2) is 64.3 Å². The van der Waals surface area contributed by atoms with Gasteiger partial charge in [0.25, 0.3) is 5.91 Å². The molecule has 0 bridgehead atoms. The van der Waals surface area contributed by atoms with Crippen molar-refractivity contribution in [3.05, 3.63) is 77.3 Å². The first-order valence-corrected chi connectivity index (χ1v) is 10.2. The van der Waals surface area contributed by atoms with Crippen LogP contribution in [0.2, 0.25) is 0 Å². The van der Waals surface area contributed by atoms with Crippen LogP contribution in [0, 0.1) is 6.92 Å². The number of aryl methyl sites for hydroxylation is 1. The summed E-state index contributed by atoms with van der Waals surface area (Å²) in [6.45, 7) is 3.02. The Morgan fingerprint density at radius 1 is 1.25 bits per heavy atom. The van der Waals surface area contributed by atoms with Gasteiger partial charge in [-0.1, -0.05) is 47.3 Å². The molecular weight excluding hydrogens is 372 g/mol. The second-order valence-corrected chi connectivity index (χ2v) is 7.93. The van der Waals surface area contributed by atoms with Crippen molar-refractivity contribution in [1.82, 2.24) is 15.0 Å². The SMILES string of the molecule is Cc1cc(CSc2ncccc2C(=O)N2C[C@@H](N)[C@H](c3ccccc3)C2)no1. The molecule has 1 aliphatic heterocycles. The van der Waals surface area contributed by atoms with E-state index in [9.17, 15) is 4.79 Å². The number of hydrogen-bond donors (Lipinski definition) is 1. The van der Waals surface area contributed by atoms with Crippen molar-refractivity contribution in [2.45, 2.75) is 29.7 Å². The van der Waals surface area contributed by atoms with Crippen LogP contribution in [0.5, 0.6) is 0 Å². The van der Waals surface area contributed by atoms with Gasteiger partial charge in [0.05, 0.1) is 11.3 Å². The summed E-state index contributed by atoms with van der Waals surface area (Å²) in [4.78, 5) is 19.4. The highest BCUT2D eigenvalue weighted by Gasteiger charge is 2.35. The summed E-state index contributed by atoms with van der Waals surface area (Å²) in [5.74, 6) is 1.49. The van der Waals surface area contributed by atoms with E-state index in [1.54, 1.807) is 12.3 Å². The zero-order valence-electron chi connectivity index (χ0n) is 15.6. The van der Waals surface area contributed by atoms with Gasteiger partial charge in [-0.15, -0.1) is 0 Å². The van der Waals surface area contributed by atoms with Gasteiger partial charge in [0, 0.05) is 43.1 Å². The first-order chi connectivity index (χ1) is 13.6. The second kappa shape index (κ2) is 8.16. The molecule has 1 aromatic carbocycles. The second-order valence-electron chi connectivity index (χ2n) is 6.96. The van der Waals surface area contributed by atoms with Gasteiger partial charge in [-0.05, 0) is 24.6 Å². The fourth-order valence-electron chi connectivity index (χ4n) is 3.51. The number of likely N-dealkylation sites (tertiary alicyclic amines) is 1. The summed E-state index contributed by atoms with van der Waals surface area (Å²) in [7, 11) is 0. The van der Waals surface area contributed by atoms with Crippen molar-refractivity contribution in [3.63, 3.8) is 0 Å². The number of benzene rings is 1. The van der Waals surface area contributed by atoms with Gasteiger partial charge in [0.1, 0.15) is 10.8 Å². The molecule has 0 spiro atoms. The Morgan fingerprint density at radius 3 is 2.82 bits per heavy atom. The van der Waals surface area contributed by atoms with E-state index >= 15 is 0 Å². The third kappa shape index (κ3) is 3.95. The molecule has 1 aliphatic rings. The number of nitrogens with two attached hydrogens (primary N) is 1. The normalized spacial score (nSPS) is 19.1. The molecule has 144 valence electrons. The number of nitrogens with zero attached hydrogens (tertiary/aromatic N) is 3. The lowest BCUT2D eigenvalue weighted by atomic mass is 9.95. The van der Waals surface area contributed by atoms with E-state index in [4.69, 9.17) is 10.3 Å². The monoisotopic (exact) mass is 394 g/mol. The first-order valence-electron chi connectivity index (χ1n) is 9.21. The highest BCUT2D eigenvalue weighted by atomic mass is 32.2. The highest BCUT2D eigenvalue weighted by molar-refractivity contribution is 7.98. The van der Waals surface area contributed by atoms with Crippen molar-refractivity contribution in [3.8, 4) is 0 Å². The van der Waals surface area contributed by atoms with Gasteiger partial charge in [-0.3, -0.25) is 4.79 Å². The molecule has 7 heteroatoms. The van der Waals surface area contributed by atoms with E-state index in [1.165, 1.54) is 17.3 Å². The van der Waals surface area contributed by atoms with Crippen LogP contribution in [0.25, 0.3) is 0 Å². The van der Waals surface area contributed by atoms with E-state index in [0.29, 0.717) is 29.4 Å². The van der Waals surface area contributed by atoms with Crippen molar-refractivity contribution < 1.29 is 9.32 Å². The highest BCUT2D eigenvalue weighted by Crippen LogP contribution is 2.30. The molecular formula is C21H22N4O2S. The minimum atomic E-state index is -0.0720. The van der Waals surface area contributed by atoms with E-state index < -0.39 is 0 Å². The lowest BCUT2D eigenvalue weighted by molar-refractivity contribution is 0.0785. The maximum absolute atomic E-state index is 13.2. The molecule has 0 radical (unpaired) electrons. The Bertz CT molecular complexity index is 960. The molecule has 3 aromatic rings. The van der Waals surface area contributed by atoms with E-state index in [0.717, 1.165) is 11.5 Å². The Labute approximate surface area is 168 Å². The first kappa shape index (κ1) is 18.7. The smallest absolute Gasteiger partial charge is 0.256 e. The average molecular weight is 395 g/mol. The molecule has 2 N–H and O–H groups in total. The van der Waals surface area contributed by atoms with Crippen molar-refractivity contribution in [2.75, 3.05) is 13.1 Å². The van der Waals surface area contributed by atoms with E-state index in [1.807, 2.05) is 42.2 Å². The van der Waals surface area contributed by atoms with Gasteiger partial charge in [-0.25, -0.2) is 4.98 Å². The summed E-state index contributed by atoms with van der Waals surface area (Å²) in [5.41, 5.74) is 8.97. The molecule has 2 aromatic heterocycles. The number of thioether (sulfide) groups is 1. The van der Waals surface area contributed by atoms with Crippen LogP contribution >= 0.6 is 11.8 Å². The van der Waals surface area contributed by atoms with Gasteiger partial charge in [0.15, 0.2) is 0 Å². The van der Waals surface area contributed by atoms with Crippen LogP contribution < -0.4 is 5.73 Å². The maximum atomic E-state index is 13.2. The standard InChI is InChI=1S/C21H22N4O2S/c1-14-10-16(24-27-14)13-28-20-17(8-5-9-23-20)21(26)25-11-18(19(22)12-25)15-6-3-2-4-7-15/h2-10,18-19H,11-13,22H2,1H3/t18-,19+/m0/s1. The number of amides is 1. The molecule has 1 saturated heterocycles. The molecule has 0 saturated carbocycles. The number of carbonyl (C=O) groups is 1. The Hall–Kier alpha value is -2.64. The molecule has 2 atom stereocenters. The fourth-order valence-corrected chi connectivity index (χ4v) is 4.38. The third-order valence-electron chi connectivity index (χ3n) is 4.92. The molecule has 0 unspecified atom stereocenters. The van der Waals surface area contributed by atoms with Crippen LogP contribution in [0.4, 0.5) is 0 Å². The van der Waals surface area contributed by atoms with Gasteiger partial charge in [-0.2, -0.15) is 0 Å². The minimum Gasteiger partial charge on any atom is -0.361 e. The van der Waals surface area contributed by atoms with E-state index in [-0.39, 0.29) is 17.9 Å². The fraction of sp³-hybridized carbons (Fsp3) is 0.286. The molecule has 1 fully saturated rings. The van der Waals surface area contributed by atoms with Crippen LogP contribution in [0.1, 0.15) is 33.3 Å². The zero-order valence-corrected chi connectivity index (χ0v) is 16.4. The minimum absolute atomic E-state index is 0.0270. The van der Waals surface area contributed by atoms with Gasteiger partial charge >= 0.3 is 0 Å². The van der Waals surface area contributed by atoms with Crippen molar-refractivity contribution in [1.29, 1.82) is 0 Å². The summed E-state index contributed by atoms with van der Waals surface area (Å²) in [5, 5.41) is 4.70. The lowest BCUT2D eigenvalue weighted by Crippen LogP contribution is -2.32. The van der Waals surface area contributed by atoms with Gasteiger partial charge < -0.3 is 15.2 Å². The lowest BCUT2D eigenvalue weighted by Gasteiger charge is -2.18. The van der Waals surface area contributed by atoms with Crippen LogP contribution in [-0.4, -0.2) is 40.1 Å². The summed E-state index contributed by atoms with van der Waals surface area (Å²) in [6.07, 6.45) is 1.70. The summed E-state index contributed by atoms with van der Waals surface area (Å²) in [6, 6.07) is 15.6. The Morgan fingerprint density at radius 2 is 2.07 bits per heavy atom. The van der Waals surface area contributed by atoms with E-state index in [2.05, 4.69) is 22.3 Å². The number of carbonyl (C=O) groups excluding carboxylic acids is 1. The van der Waals surface area contributed by atoms with Crippen molar-refractivity contribution >= 4 is 17.7 Å². The predicted octanol–water partition coefficient (Wildman–Crippen LogP) is 3.24. The third-order valence-corrected chi connectivity index (χ3v) is 5.95. The molecule has 1 amide bonds. The largest absolute Gasteiger partial charge is 0.361 e. The summed E-state index contributed by atoms with van der Waals surface area (Å²) >= 11 is 1.49. The quantitative estimate of drug-likeness (QED) is 0.669. The van der Waals surface area contributed by atoms with Crippen molar-refractivity contribution in [2.24, 2.45) is 5.73 Å². The molecule has 6 nitrogen and oxygen atoms in total. The molecule has 4 rings (SSSR count). The topological polar surface area (TPSA) is 85.2 Å². The summed E-state index contributed by atoms with van der Waals surface area (Å²) < 4.78 is 5.10. The molecule has 0 aliphatic carbocycles. The van der Waals surface area contributed by atoms with Gasteiger partial charge in [0.2, 0.25) is 0 Å². The Balaban J connectivity index is 1.49. The zero-order chi connectivity index (χ0) is 19.5. The number of rotatable bonds is 5.